The van der Waals surface area contributed by atoms with E-state index in [9.17, 15) is 24.0 Å². The lowest BCUT2D eigenvalue weighted by molar-refractivity contribution is -0.188. The average molecular weight is 902 g/mol. The van der Waals surface area contributed by atoms with Crippen molar-refractivity contribution < 1.29 is 63.3 Å². The van der Waals surface area contributed by atoms with E-state index in [0.717, 1.165) is 24.6 Å². The molecule has 3 atom stereocenters. The number of esters is 1. The van der Waals surface area contributed by atoms with Crippen molar-refractivity contribution in [2.45, 2.75) is 80.6 Å². The van der Waals surface area contributed by atoms with Crippen LogP contribution in [0.15, 0.2) is 121 Å². The lowest BCUT2D eigenvalue weighted by Gasteiger charge is -2.24. The number of nitrogens with one attached hydrogen (secondary N) is 3. The number of aliphatic hydroxyl groups is 1. The average Bonchev–Trinajstić information content (AvgIpc) is 4.13. The fourth-order valence-corrected chi connectivity index (χ4v) is 4.06. The Morgan fingerprint density at radius 1 is 0.812 bits per heavy atom. The van der Waals surface area contributed by atoms with Crippen LogP contribution in [0.3, 0.4) is 0 Å². The topological polar surface area (TPSA) is 293 Å². The van der Waals surface area contributed by atoms with Crippen LogP contribution < -0.4 is 10.6 Å². The number of cyclic esters (lactones) is 1. The maximum Gasteiger partial charge on any atom is 0.408 e. The van der Waals surface area contributed by atoms with Crippen molar-refractivity contribution in [3.8, 4) is 0 Å². The molecule has 2 aromatic carbocycles. The van der Waals surface area contributed by atoms with Gasteiger partial charge in [-0.2, -0.15) is 20.2 Å². The molecule has 0 aliphatic carbocycles. The zero-order valence-electron chi connectivity index (χ0n) is 33.9. The fraction of sp³-hybridized carbons (Fsp3) is 0.357. The fourth-order valence-electron chi connectivity index (χ4n) is 4.06. The molecule has 0 bridgehead atoms. The number of aliphatic carboxylic acids is 2. The van der Waals surface area contributed by atoms with Gasteiger partial charge in [0.05, 0.1) is 20.2 Å². The van der Waals surface area contributed by atoms with Crippen LogP contribution in [0.25, 0.3) is 0 Å². The minimum absolute atomic E-state index is 0. The number of carbonyl (C=O) groups excluding carboxylic acids is 3. The van der Waals surface area contributed by atoms with Crippen LogP contribution in [0.4, 0.5) is 9.59 Å². The lowest BCUT2D eigenvalue weighted by atomic mass is 10.2. The van der Waals surface area contributed by atoms with E-state index in [1.54, 1.807) is 43.1 Å². The van der Waals surface area contributed by atoms with Crippen LogP contribution in [0.5, 0.6) is 0 Å². The molecule has 0 unspecified atom stereocenters. The van der Waals surface area contributed by atoms with Crippen LogP contribution in [-0.4, -0.2) is 121 Å². The molecule has 4 heterocycles. The SMILES string of the molecule is C.C.C.CC.CO.COOC=N[C@@H](Cn1cccn1)C(=O)O.O=C(N[C@@H](Cn1cccn1)C(=O)O)OCc1ccccc1.O=C(N[C@H]1COC1=O)OCc1ccccc1.c1cn[nH]c1. The van der Waals surface area contributed by atoms with E-state index in [2.05, 4.69) is 50.5 Å². The molecule has 1 aliphatic heterocycles. The van der Waals surface area contributed by atoms with Gasteiger partial charge in [0, 0.05) is 44.3 Å². The number of carboxylic acids is 2. The molecule has 64 heavy (non-hydrogen) atoms. The predicted molar refractivity (Wildman–Crippen MR) is 236 cm³/mol. The van der Waals surface area contributed by atoms with Crippen LogP contribution in [-0.2, 0) is 64.7 Å². The Morgan fingerprint density at radius 2 is 1.34 bits per heavy atom. The summed E-state index contributed by atoms with van der Waals surface area (Å²) in [6.07, 6.45) is 9.39. The zero-order chi connectivity index (χ0) is 45.1. The summed E-state index contributed by atoms with van der Waals surface area (Å²) in [6, 6.07) is 21.1. The van der Waals surface area contributed by atoms with E-state index >= 15 is 0 Å². The molecule has 22 nitrogen and oxygen atoms in total. The number of amides is 2. The molecule has 6 N–H and O–H groups in total. The highest BCUT2D eigenvalue weighted by Crippen LogP contribution is 2.05. The third kappa shape index (κ3) is 27.3. The van der Waals surface area contributed by atoms with Gasteiger partial charge in [0.25, 0.3) is 0 Å². The molecule has 1 fully saturated rings. The van der Waals surface area contributed by atoms with Gasteiger partial charge in [0.2, 0.25) is 6.40 Å². The van der Waals surface area contributed by atoms with Gasteiger partial charge in [0.15, 0.2) is 12.1 Å². The van der Waals surface area contributed by atoms with Gasteiger partial charge in [-0.3, -0.25) is 14.5 Å². The number of hydrogen-bond donors (Lipinski definition) is 6. The lowest BCUT2D eigenvalue weighted by Crippen LogP contribution is -2.52. The highest BCUT2D eigenvalue weighted by atomic mass is 17.2. The monoisotopic (exact) mass is 901 g/mol. The third-order valence-electron chi connectivity index (χ3n) is 6.90. The first-order valence-corrected chi connectivity index (χ1v) is 18.3. The molecular formula is C42H63N9O13. The molecule has 5 aromatic rings. The van der Waals surface area contributed by atoms with Crippen LogP contribution >= 0.6 is 0 Å². The second-order valence-electron chi connectivity index (χ2n) is 11.1. The van der Waals surface area contributed by atoms with E-state index in [1.807, 2.05) is 80.6 Å². The number of aromatic nitrogens is 6. The first-order valence-electron chi connectivity index (χ1n) is 18.3. The second-order valence-corrected chi connectivity index (χ2v) is 11.1. The number of carboxylic acid groups (broad SMARTS) is 2. The normalized spacial score (nSPS) is 12.2. The summed E-state index contributed by atoms with van der Waals surface area (Å²) in [6.45, 7) is 4.67. The van der Waals surface area contributed by atoms with Gasteiger partial charge >= 0.3 is 30.1 Å². The third-order valence-corrected chi connectivity index (χ3v) is 6.90. The van der Waals surface area contributed by atoms with Crippen LogP contribution in [0.2, 0.25) is 0 Å². The van der Waals surface area contributed by atoms with E-state index in [0.29, 0.717) is 0 Å². The first kappa shape index (κ1) is 60.7. The molecular weight excluding hydrogens is 839 g/mol. The number of ether oxygens (including phenoxy) is 3. The predicted octanol–water partition coefficient (Wildman–Crippen LogP) is 5.00. The molecule has 1 aliphatic rings. The van der Waals surface area contributed by atoms with Crippen LogP contribution in [0, 0.1) is 0 Å². The Morgan fingerprint density at radius 3 is 1.72 bits per heavy atom. The molecule has 0 spiro atoms. The van der Waals surface area contributed by atoms with Crippen molar-refractivity contribution in [3.05, 3.63) is 127 Å². The van der Waals surface area contributed by atoms with Gasteiger partial charge < -0.3 is 45.1 Å². The molecule has 354 valence electrons. The number of aliphatic hydroxyl groups excluding tert-OH is 1. The van der Waals surface area contributed by atoms with Crippen molar-refractivity contribution >= 4 is 36.5 Å². The number of rotatable bonds is 15. The number of hydrogen-bond acceptors (Lipinski definition) is 15. The Balaban J connectivity index is -0.000000786. The number of nitrogens with zero attached hydrogens (tertiary/aromatic N) is 6. The molecule has 3 aromatic heterocycles. The van der Waals surface area contributed by atoms with E-state index in [-0.39, 0.29) is 55.2 Å². The molecule has 0 saturated carbocycles. The minimum Gasteiger partial charge on any atom is -0.480 e. The van der Waals surface area contributed by atoms with E-state index < -0.39 is 48.2 Å². The molecule has 0 radical (unpaired) electrons. The Kier molecular flexibility index (Phi) is 36.4. The molecule has 2 amide bonds. The maximum absolute atomic E-state index is 11.6. The van der Waals surface area contributed by atoms with Gasteiger partial charge in [-0.1, -0.05) is 96.8 Å². The van der Waals surface area contributed by atoms with Crippen molar-refractivity contribution in [3.63, 3.8) is 0 Å². The highest BCUT2D eigenvalue weighted by Gasteiger charge is 2.32. The van der Waals surface area contributed by atoms with Crippen molar-refractivity contribution in [2.75, 3.05) is 20.8 Å². The summed E-state index contributed by atoms with van der Waals surface area (Å²) in [4.78, 5) is 67.7. The summed E-state index contributed by atoms with van der Waals surface area (Å²) in [7, 11) is 2.30. The van der Waals surface area contributed by atoms with E-state index in [4.69, 9.17) is 24.8 Å². The molecule has 1 saturated heterocycles. The largest absolute Gasteiger partial charge is 0.480 e. The molecule has 22 heteroatoms. The summed E-state index contributed by atoms with van der Waals surface area (Å²) >= 11 is 0. The number of aromatic amines is 1. The number of carbonyl (C=O) groups is 5. The quantitative estimate of drug-likeness (QED) is 0.0201. The van der Waals surface area contributed by atoms with Crippen molar-refractivity contribution in [2.24, 2.45) is 4.99 Å². The summed E-state index contributed by atoms with van der Waals surface area (Å²) in [5, 5.41) is 43.6. The number of alkyl carbamates (subject to hydrolysis) is 2. The minimum atomic E-state index is -1.15. The number of benzene rings is 2. The smallest absolute Gasteiger partial charge is 0.408 e. The highest BCUT2D eigenvalue weighted by molar-refractivity contribution is 5.85. The Hall–Kier alpha value is -7.59. The Bertz CT molecular complexity index is 1880. The Labute approximate surface area is 373 Å². The number of H-pyrrole nitrogens is 1. The van der Waals surface area contributed by atoms with Gasteiger partial charge in [-0.25, -0.2) is 29.0 Å². The van der Waals surface area contributed by atoms with Gasteiger partial charge in [-0.05, 0) is 29.3 Å². The summed E-state index contributed by atoms with van der Waals surface area (Å²) < 4.78 is 17.3. The standard InChI is InChI=1S/C14H15N3O4.C11H11NO4.C8H11N3O4.C3H4N2.C2H6.CH4O.3CH4/c18-13(19)12(9-17-8-4-7-15-17)16-14(20)21-10-11-5-2-1-3-6-11;13-10-9(7-15-10)12-11(14)16-6-8-4-2-1-3-5-8;1-14-15-6-9-7(8(12)13)5-11-4-2-3-10-11;1-2-4-5-3-1;2*1-2;;;/h1-8,12H,9-10H2,(H,16,20)(H,18,19);1-5,9H,6-7H2,(H,12,14);2-4,6-7H,5H2,1H3,(H,12,13);1-3H,(H,4,5);1-2H3;2H,1H3;3*1H4/t12-;9-;7-;;;;;;/m000....../s1. The van der Waals surface area contributed by atoms with Crippen molar-refractivity contribution in [1.29, 1.82) is 0 Å². The zero-order valence-corrected chi connectivity index (χ0v) is 33.9. The summed E-state index contributed by atoms with van der Waals surface area (Å²) in [5.41, 5.74) is 1.72. The van der Waals surface area contributed by atoms with Gasteiger partial charge in [-0.15, -0.1) is 0 Å². The van der Waals surface area contributed by atoms with Crippen LogP contribution in [0.1, 0.15) is 47.3 Å². The number of aliphatic imine (C=N–C) groups is 1. The van der Waals surface area contributed by atoms with E-state index in [1.165, 1.54) is 22.7 Å². The maximum atomic E-state index is 11.6. The van der Waals surface area contributed by atoms with Crippen molar-refractivity contribution in [1.82, 2.24) is 40.4 Å². The van der Waals surface area contributed by atoms with Gasteiger partial charge in [0.1, 0.15) is 25.9 Å². The summed E-state index contributed by atoms with van der Waals surface area (Å²) in [5.74, 6) is -2.62. The first-order chi connectivity index (χ1) is 29.6. The molecule has 6 rings (SSSR count). The second kappa shape index (κ2) is 38.3.